The van der Waals surface area contributed by atoms with E-state index in [2.05, 4.69) is 246 Å². The Hall–Kier alpha value is -4.04. The molecular formula is C50H42ClP3Ru. The molecule has 0 aliphatic heterocycles. The Bertz CT molecular complexity index is 1950. The van der Waals surface area contributed by atoms with Gasteiger partial charge in [-0.05, 0) is 57.4 Å². The van der Waals surface area contributed by atoms with Gasteiger partial charge in [-0.15, -0.1) is 0 Å². The zero-order chi connectivity index (χ0) is 37.9. The van der Waals surface area contributed by atoms with E-state index in [9.17, 15) is 0 Å². The Morgan fingerprint density at radius 2 is 0.545 bits per heavy atom. The largest absolute Gasteiger partial charge is 0.183 e. The van der Waals surface area contributed by atoms with Crippen LogP contribution in [0.1, 0.15) is 11.1 Å². The molecule has 272 valence electrons. The van der Waals surface area contributed by atoms with Crippen molar-refractivity contribution in [3.8, 4) is 0 Å². The number of hydrogen-bond donors (Lipinski definition) is 0. The van der Waals surface area contributed by atoms with Crippen LogP contribution in [0.3, 0.4) is 0 Å². The minimum atomic E-state index is -0.462. The van der Waals surface area contributed by atoms with Crippen molar-refractivity contribution in [3.05, 3.63) is 248 Å². The third-order valence-electron chi connectivity index (χ3n) is 8.90. The Labute approximate surface area is 345 Å². The standard InChI is InChI=1S/C32H27P2.C18H15P.ClH.Ru/c1-5-16-29(17-6-1)33(30-18-7-2-8-19-30)25-27-14-13-15-28(24-27)26-34(31-20-9-3-10-21-31)32-22-11-4-12-23-32;1-4-10-16(11-5-1)19(17-12-6-2-7-13-17)18-14-8-3-9-15-18;;/h1-12,14-24H,25-26H2;1-15H;1H;/q-1;;;+2/p-1. The Kier molecular flexibility index (Phi) is 16.6. The molecule has 0 aromatic heterocycles. The first kappa shape index (κ1) is 40.6. The van der Waals surface area contributed by atoms with E-state index < -0.39 is 23.8 Å². The second-order valence-corrected chi connectivity index (χ2v) is 19.2. The molecule has 0 fully saturated rings. The van der Waals surface area contributed by atoms with E-state index in [1.165, 1.54) is 48.3 Å². The van der Waals surface area contributed by atoms with Crippen molar-refractivity contribution in [3.63, 3.8) is 0 Å². The van der Waals surface area contributed by atoms with E-state index in [1.54, 1.807) is 0 Å². The molecule has 0 heterocycles. The summed E-state index contributed by atoms with van der Waals surface area (Å²) < 4.78 is 0. The summed E-state index contributed by atoms with van der Waals surface area (Å²) in [5, 5.41) is 9.88. The molecule has 0 unspecified atom stereocenters. The average Bonchev–Trinajstić information content (AvgIpc) is 3.28. The van der Waals surface area contributed by atoms with E-state index >= 15 is 0 Å². The van der Waals surface area contributed by atoms with Gasteiger partial charge in [0.1, 0.15) is 0 Å². The Morgan fingerprint density at radius 1 is 0.327 bits per heavy atom. The zero-order valence-corrected chi connectivity index (χ0v) is 35.6. The van der Waals surface area contributed by atoms with Crippen molar-refractivity contribution in [2.45, 2.75) is 12.3 Å². The smallest absolute Gasteiger partial charge is 0.0134 e. The first-order valence-electron chi connectivity index (χ1n) is 18.1. The van der Waals surface area contributed by atoms with Gasteiger partial charge < -0.3 is 0 Å². The molecule has 8 aromatic rings. The molecule has 55 heavy (non-hydrogen) atoms. The van der Waals surface area contributed by atoms with Gasteiger partial charge in [-0.1, -0.05) is 228 Å². The predicted octanol–water partition coefficient (Wildman–Crippen LogP) is 10.9. The van der Waals surface area contributed by atoms with Gasteiger partial charge in [0.15, 0.2) is 0 Å². The fourth-order valence-electron chi connectivity index (χ4n) is 6.40. The molecule has 8 aromatic carbocycles. The van der Waals surface area contributed by atoms with Crippen molar-refractivity contribution in [2.75, 3.05) is 0 Å². The van der Waals surface area contributed by atoms with Gasteiger partial charge in [0.05, 0.1) is 0 Å². The Morgan fingerprint density at radius 3 is 0.782 bits per heavy atom. The van der Waals surface area contributed by atoms with E-state index in [0.29, 0.717) is 0 Å². The fraction of sp³-hybridized carbons (Fsp3) is 0.0400. The van der Waals surface area contributed by atoms with E-state index in [4.69, 9.17) is 0 Å². The van der Waals surface area contributed by atoms with Crippen LogP contribution in [0, 0.1) is 6.07 Å². The van der Waals surface area contributed by atoms with Crippen LogP contribution in [-0.2, 0) is 29.6 Å². The molecule has 0 aliphatic carbocycles. The second-order valence-electron chi connectivity index (χ2n) is 12.6. The van der Waals surface area contributed by atoms with Crippen LogP contribution in [-0.4, -0.2) is 0 Å². The maximum atomic E-state index is 4.57. The van der Waals surface area contributed by atoms with Crippen LogP contribution in [0.5, 0.6) is 0 Å². The van der Waals surface area contributed by atoms with E-state index in [1.807, 2.05) is 17.3 Å². The van der Waals surface area contributed by atoms with E-state index in [-0.39, 0.29) is 0 Å². The first-order valence-corrected chi connectivity index (χ1v) is 24.8. The molecule has 5 heteroatoms. The van der Waals surface area contributed by atoms with Crippen molar-refractivity contribution >= 4 is 70.6 Å². The third kappa shape index (κ3) is 12.0. The maximum Gasteiger partial charge on any atom is -0.0134 e. The van der Waals surface area contributed by atoms with Crippen molar-refractivity contribution < 1.29 is 17.3 Å². The topological polar surface area (TPSA) is 0 Å². The van der Waals surface area contributed by atoms with Crippen molar-refractivity contribution in [1.29, 1.82) is 0 Å². The van der Waals surface area contributed by atoms with Crippen LogP contribution in [0.15, 0.2) is 231 Å². The summed E-state index contributed by atoms with van der Waals surface area (Å²) in [7, 11) is 3.20. The molecule has 0 atom stereocenters. The van der Waals surface area contributed by atoms with Crippen LogP contribution in [0.25, 0.3) is 0 Å². The molecule has 0 radical (unpaired) electrons. The molecule has 0 spiro atoms. The molecule has 8 rings (SSSR count). The summed E-state index contributed by atoms with van der Waals surface area (Å²) in [5.74, 6) is 0. The monoisotopic (exact) mass is 872 g/mol. The quantitative estimate of drug-likeness (QED) is 0.0690. The molecule has 0 N–H and O–H groups in total. The van der Waals surface area contributed by atoms with Gasteiger partial charge in [-0.2, -0.15) is 35.4 Å². The molecular weight excluding hydrogens is 830 g/mol. The van der Waals surface area contributed by atoms with Gasteiger partial charge in [-0.3, -0.25) is 0 Å². The number of benzene rings is 8. The summed E-state index contributed by atoms with van der Waals surface area (Å²) in [4.78, 5) is 0. The predicted molar refractivity (Wildman–Crippen MR) is 242 cm³/mol. The van der Waals surface area contributed by atoms with Gasteiger partial charge in [0, 0.05) is 0 Å². The minimum absolute atomic E-state index is 0.446. The van der Waals surface area contributed by atoms with Crippen molar-refractivity contribution in [1.82, 2.24) is 0 Å². The maximum absolute atomic E-state index is 4.57. The zero-order valence-electron chi connectivity index (χ0n) is 30.4. The number of rotatable bonds is 11. The Balaban J connectivity index is 0.000000207. The summed E-state index contributed by atoms with van der Waals surface area (Å²) in [5.41, 5.74) is 2.74. The summed E-state index contributed by atoms with van der Waals surface area (Å²) in [6, 6.07) is 86.4. The number of halogens is 1. The van der Waals surface area contributed by atoms with Gasteiger partial charge in [0.25, 0.3) is 0 Å². The molecule has 0 amide bonds. The van der Waals surface area contributed by atoms with Crippen LogP contribution in [0.2, 0.25) is 0 Å². The van der Waals surface area contributed by atoms with Gasteiger partial charge in [0.2, 0.25) is 0 Å². The summed E-state index contributed by atoms with van der Waals surface area (Å²) in [6.45, 7) is 0. The van der Waals surface area contributed by atoms with E-state index in [0.717, 1.165) is 12.3 Å². The van der Waals surface area contributed by atoms with Gasteiger partial charge in [-0.25, -0.2) is 0 Å². The van der Waals surface area contributed by atoms with Crippen LogP contribution >= 0.6 is 33.5 Å². The molecule has 0 nitrogen and oxygen atoms in total. The summed E-state index contributed by atoms with van der Waals surface area (Å²) in [6.07, 6.45) is 2.06. The average molecular weight is 872 g/mol. The number of hydrogen-bond acceptors (Lipinski definition) is 0. The minimum Gasteiger partial charge on any atom is -0.183 e. The second kappa shape index (κ2) is 22.5. The van der Waals surface area contributed by atoms with Crippen LogP contribution < -0.4 is 37.1 Å². The van der Waals surface area contributed by atoms with Gasteiger partial charge >= 0.3 is 27.0 Å². The molecule has 0 bridgehead atoms. The normalized spacial score (nSPS) is 10.6. The SMILES string of the molecule is [Cl][Ru+].[c-]1cc(CP(c2ccccc2)c2ccccc2)cc(CP(c2ccccc2)c2ccccc2)c1.c1ccc(P(c2ccccc2)c2ccccc2)cc1. The third-order valence-corrected chi connectivity index (χ3v) is 16.4. The first-order chi connectivity index (χ1) is 27.3. The van der Waals surface area contributed by atoms with Crippen molar-refractivity contribution in [2.24, 2.45) is 0 Å². The molecule has 0 saturated carbocycles. The molecule has 0 aliphatic rings. The fourth-order valence-corrected chi connectivity index (χ4v) is 13.3. The summed E-state index contributed by atoms with van der Waals surface area (Å²) >= 11 is 1.82. The van der Waals surface area contributed by atoms with Crippen LogP contribution in [0.4, 0.5) is 0 Å². The molecule has 0 saturated heterocycles.